The van der Waals surface area contributed by atoms with Gasteiger partial charge in [0.05, 0.1) is 23.5 Å². The Labute approximate surface area is 182 Å². The third-order valence-corrected chi connectivity index (χ3v) is 5.82. The van der Waals surface area contributed by atoms with E-state index in [0.717, 1.165) is 37.7 Å². The van der Waals surface area contributed by atoms with Crippen molar-refractivity contribution in [2.45, 2.75) is 31.7 Å². The van der Waals surface area contributed by atoms with Gasteiger partial charge in [-0.2, -0.15) is 5.26 Å². The van der Waals surface area contributed by atoms with Crippen LogP contribution in [0.2, 0.25) is 0 Å². The number of benzene rings is 1. The van der Waals surface area contributed by atoms with Crippen LogP contribution in [0.5, 0.6) is 0 Å². The van der Waals surface area contributed by atoms with E-state index in [4.69, 9.17) is 5.41 Å². The average molecular weight is 424 g/mol. The van der Waals surface area contributed by atoms with Crippen LogP contribution in [0.4, 0.5) is 8.78 Å². The summed E-state index contributed by atoms with van der Waals surface area (Å²) in [6, 6.07) is 5.86. The van der Waals surface area contributed by atoms with E-state index in [1.807, 2.05) is 12.2 Å². The van der Waals surface area contributed by atoms with E-state index in [1.165, 1.54) is 18.3 Å². The molecule has 3 rings (SSSR count). The Morgan fingerprint density at radius 2 is 2.10 bits per heavy atom. The fourth-order valence-corrected chi connectivity index (χ4v) is 4.12. The molecule has 0 spiro atoms. The highest BCUT2D eigenvalue weighted by Gasteiger charge is 2.28. The van der Waals surface area contributed by atoms with Gasteiger partial charge in [0.2, 0.25) is 0 Å². The predicted molar refractivity (Wildman–Crippen MR) is 119 cm³/mol. The molecule has 1 aromatic rings. The summed E-state index contributed by atoms with van der Waals surface area (Å²) in [5.41, 5.74) is 2.96. The van der Waals surface area contributed by atoms with Crippen LogP contribution in [0.25, 0.3) is 0 Å². The molecule has 2 N–H and O–H groups in total. The third kappa shape index (κ3) is 5.66. The molecule has 1 aliphatic carbocycles. The SMILES string of the molecule is C=C(NC1CC(C#N)=CC=C1N1CCC(Cc2ccc(F)cc2F)CC1)C(=N)C=NC. The van der Waals surface area contributed by atoms with E-state index in [1.54, 1.807) is 7.05 Å². The number of hydrogen-bond acceptors (Lipinski definition) is 5. The number of rotatable bonds is 7. The molecule has 0 amide bonds. The summed E-state index contributed by atoms with van der Waals surface area (Å²) in [5, 5.41) is 20.6. The normalized spacial score (nSPS) is 19.5. The van der Waals surface area contributed by atoms with Crippen molar-refractivity contribution < 1.29 is 8.78 Å². The second-order valence-electron chi connectivity index (χ2n) is 7.95. The molecular weight excluding hydrogens is 396 g/mol. The average Bonchev–Trinajstić information content (AvgIpc) is 2.76. The van der Waals surface area contributed by atoms with E-state index < -0.39 is 11.6 Å². The second-order valence-corrected chi connectivity index (χ2v) is 7.95. The molecule has 0 radical (unpaired) electrons. The first-order valence-electron chi connectivity index (χ1n) is 10.4. The first kappa shape index (κ1) is 22.4. The number of piperidine rings is 1. The maximum absolute atomic E-state index is 14.0. The highest BCUT2D eigenvalue weighted by molar-refractivity contribution is 6.36. The van der Waals surface area contributed by atoms with Crippen molar-refractivity contribution in [2.24, 2.45) is 10.9 Å². The van der Waals surface area contributed by atoms with Crippen LogP contribution in [-0.2, 0) is 6.42 Å². The molecule has 0 aromatic heterocycles. The van der Waals surface area contributed by atoms with Crippen LogP contribution in [0.1, 0.15) is 24.8 Å². The van der Waals surface area contributed by atoms with Crippen LogP contribution >= 0.6 is 0 Å². The topological polar surface area (TPSA) is 75.3 Å². The first-order chi connectivity index (χ1) is 14.9. The zero-order valence-corrected chi connectivity index (χ0v) is 17.7. The van der Waals surface area contributed by atoms with Crippen molar-refractivity contribution in [3.63, 3.8) is 0 Å². The molecular formula is C24H27F2N5. The maximum atomic E-state index is 14.0. The number of nitrogens with zero attached hydrogens (tertiary/aromatic N) is 3. The fraction of sp³-hybridized carbons (Fsp3) is 0.375. The number of hydrogen-bond donors (Lipinski definition) is 2. The van der Waals surface area contributed by atoms with Crippen LogP contribution in [-0.4, -0.2) is 43.0 Å². The highest BCUT2D eigenvalue weighted by atomic mass is 19.1. The summed E-state index contributed by atoms with van der Waals surface area (Å²) in [6.07, 6.45) is 8.16. The maximum Gasteiger partial charge on any atom is 0.129 e. The Morgan fingerprint density at radius 3 is 2.74 bits per heavy atom. The molecule has 5 nitrogen and oxygen atoms in total. The number of nitrogens with one attached hydrogen (secondary N) is 2. The van der Waals surface area contributed by atoms with Gasteiger partial charge in [-0.05, 0) is 49.0 Å². The molecule has 1 atom stereocenters. The molecule has 1 aliphatic heterocycles. The number of allylic oxidation sites excluding steroid dienone is 3. The Bertz CT molecular complexity index is 978. The van der Waals surface area contributed by atoms with Gasteiger partial charge >= 0.3 is 0 Å². The lowest BCUT2D eigenvalue weighted by Crippen LogP contribution is -2.44. The standard InChI is InChI=1S/C24H27F2N5/c1-16(22(28)15-29-2)30-23-12-18(14-27)3-6-24(23)31-9-7-17(8-10-31)11-19-4-5-20(25)13-21(19)26/h3-6,13,15,17,23,28,30H,1,7-12H2,2H3. The molecule has 31 heavy (non-hydrogen) atoms. The largest absolute Gasteiger partial charge is 0.375 e. The summed E-state index contributed by atoms with van der Waals surface area (Å²) in [7, 11) is 1.60. The first-order valence-corrected chi connectivity index (χ1v) is 10.4. The summed E-state index contributed by atoms with van der Waals surface area (Å²) in [6.45, 7) is 5.56. The molecule has 1 aromatic carbocycles. The van der Waals surface area contributed by atoms with Gasteiger partial charge in [-0.15, -0.1) is 0 Å². The van der Waals surface area contributed by atoms with Crippen molar-refractivity contribution in [1.82, 2.24) is 10.2 Å². The van der Waals surface area contributed by atoms with Crippen LogP contribution in [0.15, 0.2) is 58.9 Å². The molecule has 0 saturated carbocycles. The van der Waals surface area contributed by atoms with Gasteiger partial charge in [0, 0.05) is 50.1 Å². The van der Waals surface area contributed by atoms with Crippen LogP contribution in [0.3, 0.4) is 0 Å². The number of nitriles is 1. The molecule has 7 heteroatoms. The van der Waals surface area contributed by atoms with Crippen molar-refractivity contribution in [3.8, 4) is 6.07 Å². The van der Waals surface area contributed by atoms with Gasteiger partial charge in [-0.1, -0.05) is 12.6 Å². The van der Waals surface area contributed by atoms with Crippen molar-refractivity contribution in [2.75, 3.05) is 20.1 Å². The van der Waals surface area contributed by atoms with Gasteiger partial charge in [0.25, 0.3) is 0 Å². The minimum atomic E-state index is -0.552. The molecule has 1 fully saturated rings. The molecule has 0 bridgehead atoms. The number of likely N-dealkylation sites (tertiary alicyclic amines) is 1. The Balaban J connectivity index is 1.65. The predicted octanol–water partition coefficient (Wildman–Crippen LogP) is 4.15. The summed E-state index contributed by atoms with van der Waals surface area (Å²) >= 11 is 0. The lowest BCUT2D eigenvalue weighted by atomic mass is 9.88. The zero-order chi connectivity index (χ0) is 22.4. The van der Waals surface area contributed by atoms with Gasteiger partial charge < -0.3 is 10.2 Å². The van der Waals surface area contributed by atoms with Crippen molar-refractivity contribution >= 4 is 11.9 Å². The summed E-state index contributed by atoms with van der Waals surface area (Å²) in [4.78, 5) is 6.14. The lowest BCUT2D eigenvalue weighted by molar-refractivity contribution is 0.210. The van der Waals surface area contributed by atoms with E-state index in [9.17, 15) is 14.0 Å². The van der Waals surface area contributed by atoms with E-state index >= 15 is 0 Å². The molecule has 1 heterocycles. The monoisotopic (exact) mass is 423 g/mol. The lowest BCUT2D eigenvalue weighted by Gasteiger charge is -2.39. The van der Waals surface area contributed by atoms with Gasteiger partial charge in [0.1, 0.15) is 11.6 Å². The second kappa shape index (κ2) is 10.2. The molecule has 1 saturated heterocycles. The number of aliphatic imine (C=N–C) groups is 1. The molecule has 1 unspecified atom stereocenters. The number of halogens is 2. The summed E-state index contributed by atoms with van der Waals surface area (Å²) < 4.78 is 27.1. The quantitative estimate of drug-likeness (QED) is 0.647. The third-order valence-electron chi connectivity index (χ3n) is 5.82. The zero-order valence-electron chi connectivity index (χ0n) is 17.7. The minimum absolute atomic E-state index is 0.149. The smallest absolute Gasteiger partial charge is 0.129 e. The van der Waals surface area contributed by atoms with Gasteiger partial charge in [0.15, 0.2) is 0 Å². The molecule has 2 aliphatic rings. The van der Waals surface area contributed by atoms with E-state index in [-0.39, 0.29) is 11.8 Å². The van der Waals surface area contributed by atoms with Crippen LogP contribution in [0, 0.1) is 34.3 Å². The highest BCUT2D eigenvalue weighted by Crippen LogP contribution is 2.29. The fourth-order valence-electron chi connectivity index (χ4n) is 4.12. The molecule has 162 valence electrons. The van der Waals surface area contributed by atoms with Crippen molar-refractivity contribution in [1.29, 1.82) is 10.7 Å². The van der Waals surface area contributed by atoms with Crippen molar-refractivity contribution in [3.05, 3.63) is 71.1 Å². The Kier molecular flexibility index (Phi) is 7.35. The van der Waals surface area contributed by atoms with E-state index in [0.29, 0.717) is 35.6 Å². The van der Waals surface area contributed by atoms with Gasteiger partial charge in [-0.3, -0.25) is 10.4 Å². The van der Waals surface area contributed by atoms with Gasteiger partial charge in [-0.25, -0.2) is 8.78 Å². The summed E-state index contributed by atoms with van der Waals surface area (Å²) in [5.74, 6) is -0.697. The minimum Gasteiger partial charge on any atom is -0.375 e. The van der Waals surface area contributed by atoms with E-state index in [2.05, 4.69) is 27.9 Å². The van der Waals surface area contributed by atoms with Crippen LogP contribution < -0.4 is 5.32 Å². The Hall–Kier alpha value is -3.27. The Morgan fingerprint density at radius 1 is 1.35 bits per heavy atom.